The third kappa shape index (κ3) is 3.72. The molecule has 0 bridgehead atoms. The summed E-state index contributed by atoms with van der Waals surface area (Å²) in [6, 6.07) is 7.87. The van der Waals surface area contributed by atoms with E-state index < -0.39 is 0 Å². The first-order valence-corrected chi connectivity index (χ1v) is 5.25. The summed E-state index contributed by atoms with van der Waals surface area (Å²) in [6.07, 6.45) is 1.16. The van der Waals surface area contributed by atoms with Crippen LogP contribution < -0.4 is 5.73 Å². The van der Waals surface area contributed by atoms with Crippen molar-refractivity contribution in [2.75, 3.05) is 13.6 Å². The van der Waals surface area contributed by atoms with Crippen molar-refractivity contribution < 1.29 is 0 Å². The minimum atomic E-state index is 0.134. The Morgan fingerprint density at radius 1 is 1.47 bits per heavy atom. The number of nitrogens with zero attached hydrogens (tertiary/aromatic N) is 1. The summed E-state index contributed by atoms with van der Waals surface area (Å²) in [6.45, 7) is 4.17. The average molecular weight is 205 g/mol. The van der Waals surface area contributed by atoms with E-state index in [-0.39, 0.29) is 5.84 Å². The van der Waals surface area contributed by atoms with E-state index in [1.165, 1.54) is 5.56 Å². The van der Waals surface area contributed by atoms with Crippen molar-refractivity contribution in [3.05, 3.63) is 35.4 Å². The monoisotopic (exact) mass is 205 g/mol. The number of benzene rings is 1. The summed E-state index contributed by atoms with van der Waals surface area (Å²) < 4.78 is 0. The highest BCUT2D eigenvalue weighted by Gasteiger charge is 2.01. The van der Waals surface area contributed by atoms with Crippen LogP contribution in [0, 0.1) is 5.41 Å². The molecule has 1 aromatic carbocycles. The molecule has 0 amide bonds. The van der Waals surface area contributed by atoms with Gasteiger partial charge in [0.2, 0.25) is 0 Å². The Bertz CT molecular complexity index is 333. The summed E-state index contributed by atoms with van der Waals surface area (Å²) in [5.41, 5.74) is 7.45. The highest BCUT2D eigenvalue weighted by atomic mass is 15.1. The quantitative estimate of drug-likeness (QED) is 0.569. The zero-order valence-electron chi connectivity index (χ0n) is 9.46. The number of nitrogens with one attached hydrogen (secondary N) is 1. The van der Waals surface area contributed by atoms with Crippen LogP contribution in [0.3, 0.4) is 0 Å². The molecule has 0 spiro atoms. The van der Waals surface area contributed by atoms with Crippen LogP contribution in [0.15, 0.2) is 24.3 Å². The van der Waals surface area contributed by atoms with Crippen LogP contribution in [0.25, 0.3) is 0 Å². The third-order valence-electron chi connectivity index (χ3n) is 2.30. The lowest BCUT2D eigenvalue weighted by Gasteiger charge is -2.15. The Morgan fingerprint density at radius 3 is 2.80 bits per heavy atom. The molecule has 0 unspecified atom stereocenters. The smallest absolute Gasteiger partial charge is 0.122 e. The Kier molecular flexibility index (Phi) is 4.31. The second-order valence-electron chi connectivity index (χ2n) is 3.85. The number of rotatable bonds is 5. The summed E-state index contributed by atoms with van der Waals surface area (Å²) in [7, 11) is 2.10. The van der Waals surface area contributed by atoms with Gasteiger partial charge in [-0.3, -0.25) is 5.41 Å². The van der Waals surface area contributed by atoms with E-state index in [9.17, 15) is 0 Å². The van der Waals surface area contributed by atoms with E-state index in [4.69, 9.17) is 11.1 Å². The highest BCUT2D eigenvalue weighted by molar-refractivity contribution is 5.95. The van der Waals surface area contributed by atoms with E-state index in [1.807, 2.05) is 18.2 Å². The SMILES string of the molecule is CCCN(C)Cc1cccc(C(=N)N)c1. The Balaban J connectivity index is 2.69. The summed E-state index contributed by atoms with van der Waals surface area (Å²) >= 11 is 0. The van der Waals surface area contributed by atoms with Crippen LogP contribution in [-0.4, -0.2) is 24.3 Å². The normalized spacial score (nSPS) is 10.6. The van der Waals surface area contributed by atoms with Gasteiger partial charge in [-0.15, -0.1) is 0 Å². The minimum absolute atomic E-state index is 0.134. The fourth-order valence-electron chi connectivity index (χ4n) is 1.61. The Hall–Kier alpha value is -1.35. The molecule has 1 rings (SSSR count). The second-order valence-corrected chi connectivity index (χ2v) is 3.85. The highest BCUT2D eigenvalue weighted by Crippen LogP contribution is 2.07. The Morgan fingerprint density at radius 2 is 2.20 bits per heavy atom. The van der Waals surface area contributed by atoms with E-state index in [0.717, 1.165) is 25.1 Å². The van der Waals surface area contributed by atoms with Gasteiger partial charge in [0.15, 0.2) is 0 Å². The molecule has 0 heterocycles. The fraction of sp³-hybridized carbons (Fsp3) is 0.417. The maximum Gasteiger partial charge on any atom is 0.122 e. The topological polar surface area (TPSA) is 53.1 Å². The van der Waals surface area contributed by atoms with Gasteiger partial charge in [-0.2, -0.15) is 0 Å². The molecular formula is C12H19N3. The molecule has 0 fully saturated rings. The number of nitrogens with two attached hydrogens (primary N) is 1. The van der Waals surface area contributed by atoms with Crippen LogP contribution in [0.5, 0.6) is 0 Å². The van der Waals surface area contributed by atoms with Crippen molar-refractivity contribution in [3.8, 4) is 0 Å². The lowest BCUT2D eigenvalue weighted by molar-refractivity contribution is 0.327. The number of nitrogen functional groups attached to an aromatic ring is 1. The van der Waals surface area contributed by atoms with Gasteiger partial charge in [0, 0.05) is 12.1 Å². The average Bonchev–Trinajstić information content (AvgIpc) is 2.18. The minimum Gasteiger partial charge on any atom is -0.384 e. The van der Waals surface area contributed by atoms with Gasteiger partial charge in [-0.1, -0.05) is 25.1 Å². The molecule has 15 heavy (non-hydrogen) atoms. The molecule has 0 aliphatic rings. The molecule has 0 aromatic heterocycles. The molecule has 3 nitrogen and oxygen atoms in total. The van der Waals surface area contributed by atoms with E-state index in [1.54, 1.807) is 0 Å². The summed E-state index contributed by atoms with van der Waals surface area (Å²) in [5.74, 6) is 0.134. The van der Waals surface area contributed by atoms with Gasteiger partial charge in [0.1, 0.15) is 5.84 Å². The molecule has 0 aliphatic carbocycles. The number of hydrogen-bond donors (Lipinski definition) is 2. The van der Waals surface area contributed by atoms with Gasteiger partial charge in [-0.05, 0) is 31.6 Å². The second kappa shape index (κ2) is 5.51. The maximum atomic E-state index is 7.36. The van der Waals surface area contributed by atoms with Gasteiger partial charge in [0.25, 0.3) is 0 Å². The lowest BCUT2D eigenvalue weighted by atomic mass is 10.1. The van der Waals surface area contributed by atoms with Crippen LogP contribution >= 0.6 is 0 Å². The molecule has 0 aliphatic heterocycles. The van der Waals surface area contributed by atoms with Crippen molar-refractivity contribution >= 4 is 5.84 Å². The molecule has 0 saturated carbocycles. The first-order chi connectivity index (χ1) is 7.13. The van der Waals surface area contributed by atoms with Gasteiger partial charge in [-0.25, -0.2) is 0 Å². The first kappa shape index (κ1) is 11.7. The van der Waals surface area contributed by atoms with Crippen LogP contribution in [0.1, 0.15) is 24.5 Å². The predicted molar refractivity (Wildman–Crippen MR) is 64.1 cm³/mol. The zero-order valence-corrected chi connectivity index (χ0v) is 9.46. The molecule has 1 aromatic rings. The van der Waals surface area contributed by atoms with E-state index in [2.05, 4.69) is 24.9 Å². The van der Waals surface area contributed by atoms with Gasteiger partial charge in [0.05, 0.1) is 0 Å². The fourth-order valence-corrected chi connectivity index (χ4v) is 1.61. The van der Waals surface area contributed by atoms with Crippen molar-refractivity contribution in [1.29, 1.82) is 5.41 Å². The summed E-state index contributed by atoms with van der Waals surface area (Å²) in [4.78, 5) is 2.26. The molecule has 0 radical (unpaired) electrons. The van der Waals surface area contributed by atoms with Gasteiger partial charge >= 0.3 is 0 Å². The molecule has 3 N–H and O–H groups in total. The molecular weight excluding hydrogens is 186 g/mol. The van der Waals surface area contributed by atoms with Crippen molar-refractivity contribution in [1.82, 2.24) is 4.90 Å². The molecule has 82 valence electrons. The molecule has 0 saturated heterocycles. The van der Waals surface area contributed by atoms with Crippen molar-refractivity contribution in [2.45, 2.75) is 19.9 Å². The number of amidine groups is 1. The van der Waals surface area contributed by atoms with E-state index >= 15 is 0 Å². The molecule has 3 heteroatoms. The van der Waals surface area contributed by atoms with E-state index in [0.29, 0.717) is 0 Å². The first-order valence-electron chi connectivity index (χ1n) is 5.25. The van der Waals surface area contributed by atoms with Gasteiger partial charge < -0.3 is 10.6 Å². The van der Waals surface area contributed by atoms with Crippen LogP contribution in [0.4, 0.5) is 0 Å². The van der Waals surface area contributed by atoms with Crippen LogP contribution in [-0.2, 0) is 6.54 Å². The third-order valence-corrected chi connectivity index (χ3v) is 2.30. The summed E-state index contributed by atoms with van der Waals surface area (Å²) in [5, 5.41) is 7.36. The van der Waals surface area contributed by atoms with Crippen molar-refractivity contribution in [3.63, 3.8) is 0 Å². The standard InChI is InChI=1S/C12H19N3/c1-3-7-15(2)9-10-5-4-6-11(8-10)12(13)14/h4-6,8H,3,7,9H2,1-2H3,(H3,13,14). The largest absolute Gasteiger partial charge is 0.384 e. The Labute approximate surface area is 91.4 Å². The lowest BCUT2D eigenvalue weighted by Crippen LogP contribution is -2.19. The molecule has 0 atom stereocenters. The maximum absolute atomic E-state index is 7.36. The number of hydrogen-bond acceptors (Lipinski definition) is 2. The predicted octanol–water partition coefficient (Wildman–Crippen LogP) is 1.81. The van der Waals surface area contributed by atoms with Crippen molar-refractivity contribution in [2.24, 2.45) is 5.73 Å². The van der Waals surface area contributed by atoms with Crippen LogP contribution in [0.2, 0.25) is 0 Å². The zero-order chi connectivity index (χ0) is 11.3.